The molecule has 132 valence electrons. The number of likely N-dealkylation sites (N-methyl/N-ethyl adjacent to an activating group) is 1. The molecule has 2 aliphatic rings. The number of piperidine rings is 1. The lowest BCUT2D eigenvalue weighted by atomic mass is 9.88. The quantitative estimate of drug-likeness (QED) is 0.848. The van der Waals surface area contributed by atoms with E-state index in [0.29, 0.717) is 0 Å². The van der Waals surface area contributed by atoms with Crippen LogP contribution in [0.4, 0.5) is 0 Å². The van der Waals surface area contributed by atoms with E-state index in [0.717, 1.165) is 51.1 Å². The lowest BCUT2D eigenvalue weighted by Gasteiger charge is -2.39. The summed E-state index contributed by atoms with van der Waals surface area (Å²) in [5, 5.41) is 0. The van der Waals surface area contributed by atoms with Gasteiger partial charge in [-0.1, -0.05) is 12.1 Å². The Morgan fingerprint density at radius 3 is 2.50 bits per heavy atom. The van der Waals surface area contributed by atoms with Crippen molar-refractivity contribution in [2.45, 2.75) is 43.9 Å². The summed E-state index contributed by atoms with van der Waals surface area (Å²) < 4.78 is 11.4. The van der Waals surface area contributed by atoms with Gasteiger partial charge in [-0.2, -0.15) is 0 Å². The Morgan fingerprint density at radius 1 is 1.25 bits per heavy atom. The highest BCUT2D eigenvalue weighted by Gasteiger charge is 2.44. The molecule has 2 saturated heterocycles. The van der Waals surface area contributed by atoms with Crippen molar-refractivity contribution in [3.63, 3.8) is 0 Å². The predicted octanol–water partition coefficient (Wildman–Crippen LogP) is 2.30. The summed E-state index contributed by atoms with van der Waals surface area (Å²) in [4.78, 5) is 16.2. The number of carbonyl (C=O) groups excluding carboxylic acids is 1. The fraction of sp³-hybridized carbons (Fsp3) is 0.632. The van der Waals surface area contributed by atoms with E-state index in [1.807, 2.05) is 12.1 Å². The van der Waals surface area contributed by atoms with Crippen LogP contribution in [0.2, 0.25) is 0 Å². The van der Waals surface area contributed by atoms with Gasteiger partial charge in [-0.15, -0.1) is 0 Å². The first-order valence-electron chi connectivity index (χ1n) is 8.76. The summed E-state index contributed by atoms with van der Waals surface area (Å²) in [6, 6.07) is 8.28. The Bertz CT molecular complexity index is 562. The fourth-order valence-corrected chi connectivity index (χ4v) is 3.75. The number of rotatable bonds is 4. The van der Waals surface area contributed by atoms with Crippen molar-refractivity contribution in [2.24, 2.45) is 0 Å². The molecule has 1 aromatic carbocycles. The molecule has 0 radical (unpaired) electrons. The second kappa shape index (κ2) is 7.11. The van der Waals surface area contributed by atoms with Crippen LogP contribution in [-0.2, 0) is 16.1 Å². The molecule has 0 aliphatic carbocycles. The van der Waals surface area contributed by atoms with Crippen LogP contribution in [0, 0.1) is 0 Å². The zero-order chi connectivity index (χ0) is 17.2. The zero-order valence-corrected chi connectivity index (χ0v) is 15.0. The standard InChI is InChI=1S/C19H28N2O3/c1-20(2)18(22)17-8-9-19(24-17)10-12-21(13-11-19)14-15-4-6-16(23-3)7-5-15/h4-7,17H,8-14H2,1-3H3/t17-/m0/s1. The van der Waals surface area contributed by atoms with Crippen LogP contribution in [0.3, 0.4) is 0 Å². The smallest absolute Gasteiger partial charge is 0.251 e. The van der Waals surface area contributed by atoms with Crippen LogP contribution in [0.25, 0.3) is 0 Å². The predicted molar refractivity (Wildman–Crippen MR) is 93.0 cm³/mol. The van der Waals surface area contributed by atoms with Gasteiger partial charge in [-0.3, -0.25) is 9.69 Å². The van der Waals surface area contributed by atoms with Crippen molar-refractivity contribution in [3.8, 4) is 5.75 Å². The second-order valence-electron chi connectivity index (χ2n) is 7.19. The number of amides is 1. The first-order valence-corrected chi connectivity index (χ1v) is 8.76. The number of methoxy groups -OCH3 is 1. The molecule has 2 heterocycles. The van der Waals surface area contributed by atoms with Crippen LogP contribution in [0.15, 0.2) is 24.3 Å². The van der Waals surface area contributed by atoms with Gasteiger partial charge in [-0.25, -0.2) is 0 Å². The monoisotopic (exact) mass is 332 g/mol. The van der Waals surface area contributed by atoms with Gasteiger partial charge < -0.3 is 14.4 Å². The van der Waals surface area contributed by atoms with Crippen LogP contribution in [0.5, 0.6) is 5.75 Å². The number of benzene rings is 1. The molecule has 0 aromatic heterocycles. The third-order valence-corrected chi connectivity index (χ3v) is 5.30. The zero-order valence-electron chi connectivity index (χ0n) is 15.0. The summed E-state index contributed by atoms with van der Waals surface area (Å²) in [7, 11) is 5.29. The highest BCUT2D eigenvalue weighted by atomic mass is 16.5. The van der Waals surface area contributed by atoms with Gasteiger partial charge in [0.05, 0.1) is 12.7 Å². The van der Waals surface area contributed by atoms with Crippen LogP contribution >= 0.6 is 0 Å². The van der Waals surface area contributed by atoms with E-state index in [4.69, 9.17) is 9.47 Å². The number of ether oxygens (including phenoxy) is 2. The maximum absolute atomic E-state index is 12.1. The molecule has 0 saturated carbocycles. The SMILES string of the molecule is COc1ccc(CN2CCC3(CC[C@@H](C(=O)N(C)C)O3)CC2)cc1. The number of hydrogen-bond donors (Lipinski definition) is 0. The number of carbonyl (C=O) groups is 1. The number of likely N-dealkylation sites (tertiary alicyclic amines) is 1. The molecule has 5 heteroatoms. The molecule has 0 N–H and O–H groups in total. The Hall–Kier alpha value is -1.59. The van der Waals surface area contributed by atoms with Crippen LogP contribution in [-0.4, -0.2) is 61.7 Å². The molecule has 3 rings (SSSR count). The van der Waals surface area contributed by atoms with E-state index in [1.165, 1.54) is 5.56 Å². The fourth-order valence-electron chi connectivity index (χ4n) is 3.75. The van der Waals surface area contributed by atoms with Crippen molar-refractivity contribution in [3.05, 3.63) is 29.8 Å². The minimum Gasteiger partial charge on any atom is -0.497 e. The van der Waals surface area contributed by atoms with Crippen LogP contribution in [0.1, 0.15) is 31.2 Å². The molecular formula is C19H28N2O3. The van der Waals surface area contributed by atoms with Crippen molar-refractivity contribution >= 4 is 5.91 Å². The maximum atomic E-state index is 12.1. The summed E-state index contributed by atoms with van der Waals surface area (Å²) in [6.45, 7) is 3.00. The third kappa shape index (κ3) is 3.73. The van der Waals surface area contributed by atoms with E-state index >= 15 is 0 Å². The molecule has 24 heavy (non-hydrogen) atoms. The molecule has 2 fully saturated rings. The van der Waals surface area contributed by atoms with E-state index in [-0.39, 0.29) is 17.6 Å². The van der Waals surface area contributed by atoms with Crippen molar-refractivity contribution in [1.29, 1.82) is 0 Å². The van der Waals surface area contributed by atoms with Gasteiger partial charge in [0.25, 0.3) is 5.91 Å². The normalized spacial score (nSPS) is 23.4. The topological polar surface area (TPSA) is 42.0 Å². The van der Waals surface area contributed by atoms with E-state index < -0.39 is 0 Å². The second-order valence-corrected chi connectivity index (χ2v) is 7.19. The van der Waals surface area contributed by atoms with E-state index in [2.05, 4.69) is 17.0 Å². The van der Waals surface area contributed by atoms with Gasteiger partial charge in [0.1, 0.15) is 11.9 Å². The Labute approximate surface area is 144 Å². The van der Waals surface area contributed by atoms with Crippen LogP contribution < -0.4 is 4.74 Å². The van der Waals surface area contributed by atoms with E-state index in [1.54, 1.807) is 26.1 Å². The number of hydrogen-bond acceptors (Lipinski definition) is 4. The van der Waals surface area contributed by atoms with Crippen molar-refractivity contribution < 1.29 is 14.3 Å². The molecule has 1 atom stereocenters. The van der Waals surface area contributed by atoms with Gasteiger partial charge in [-0.05, 0) is 43.4 Å². The summed E-state index contributed by atoms with van der Waals surface area (Å²) in [6.07, 6.45) is 3.65. The lowest BCUT2D eigenvalue weighted by Crippen LogP contribution is -2.45. The largest absolute Gasteiger partial charge is 0.497 e. The first kappa shape index (κ1) is 17.2. The Morgan fingerprint density at radius 2 is 1.92 bits per heavy atom. The molecule has 2 aliphatic heterocycles. The minimum atomic E-state index is -0.242. The van der Waals surface area contributed by atoms with Crippen molar-refractivity contribution in [2.75, 3.05) is 34.3 Å². The van der Waals surface area contributed by atoms with Gasteiger partial charge in [0.2, 0.25) is 0 Å². The van der Waals surface area contributed by atoms with Crippen molar-refractivity contribution in [1.82, 2.24) is 9.80 Å². The highest BCUT2D eigenvalue weighted by molar-refractivity contribution is 5.80. The molecule has 1 spiro atoms. The maximum Gasteiger partial charge on any atom is 0.251 e. The molecular weight excluding hydrogens is 304 g/mol. The van der Waals surface area contributed by atoms with E-state index in [9.17, 15) is 4.79 Å². The molecule has 1 aromatic rings. The van der Waals surface area contributed by atoms with Gasteiger partial charge in [0.15, 0.2) is 0 Å². The highest BCUT2D eigenvalue weighted by Crippen LogP contribution is 2.39. The average Bonchev–Trinajstić information content (AvgIpc) is 3.01. The summed E-state index contributed by atoms with van der Waals surface area (Å²) in [5.74, 6) is 1.000. The average molecular weight is 332 g/mol. The third-order valence-electron chi connectivity index (χ3n) is 5.30. The lowest BCUT2D eigenvalue weighted by molar-refractivity contribution is -0.148. The van der Waals surface area contributed by atoms with Gasteiger partial charge >= 0.3 is 0 Å². The number of nitrogens with zero attached hydrogens (tertiary/aromatic N) is 2. The summed E-state index contributed by atoms with van der Waals surface area (Å²) >= 11 is 0. The van der Waals surface area contributed by atoms with Gasteiger partial charge in [0, 0.05) is 33.7 Å². The summed E-state index contributed by atoms with van der Waals surface area (Å²) in [5.41, 5.74) is 1.23. The Balaban J connectivity index is 1.51. The molecule has 5 nitrogen and oxygen atoms in total. The minimum absolute atomic E-state index is 0.0766. The molecule has 0 bridgehead atoms. The molecule has 0 unspecified atom stereocenters. The first-order chi connectivity index (χ1) is 11.5. The molecule has 1 amide bonds. The Kier molecular flexibility index (Phi) is 5.11.